The number of aliphatic hydroxyl groups is 4. The van der Waals surface area contributed by atoms with Gasteiger partial charge in [-0.2, -0.15) is 0 Å². The van der Waals surface area contributed by atoms with Crippen molar-refractivity contribution in [2.75, 3.05) is 6.61 Å². The average molecular weight is 339 g/mol. The summed E-state index contributed by atoms with van der Waals surface area (Å²) in [5.74, 6) is 0. The van der Waals surface area contributed by atoms with Crippen molar-refractivity contribution in [3.63, 3.8) is 0 Å². The van der Waals surface area contributed by atoms with Crippen LogP contribution in [-0.2, 0) is 18.2 Å². The van der Waals surface area contributed by atoms with Crippen molar-refractivity contribution in [1.82, 2.24) is 0 Å². The molecule has 6 atom stereocenters. The van der Waals surface area contributed by atoms with Gasteiger partial charge < -0.3 is 45.6 Å². The van der Waals surface area contributed by atoms with E-state index in [4.69, 9.17) is 20.6 Å². The molecule has 9 N–H and O–H groups in total. The minimum absolute atomic E-state index is 1.50. The Bertz CT molecular complexity index is 452. The molecule has 1 aliphatic heterocycles. The van der Waals surface area contributed by atoms with E-state index in [-0.39, 0.29) is 0 Å². The Hall–Kier alpha value is 0.0600. The first-order valence-corrected chi connectivity index (χ1v) is 8.17. The van der Waals surface area contributed by atoms with Gasteiger partial charge in [0.1, 0.15) is 12.2 Å². The zero-order valence-electron chi connectivity index (χ0n) is 9.75. The Morgan fingerprint density at radius 1 is 1.20 bits per heavy atom. The zero-order chi connectivity index (χ0) is 15.9. The number of nitrogens with two attached hydrogens (primary N) is 1. The van der Waals surface area contributed by atoms with Crippen molar-refractivity contribution in [2.45, 2.75) is 29.9 Å². The van der Waals surface area contributed by atoms with Gasteiger partial charge in [0.05, 0.1) is 12.6 Å². The molecule has 0 amide bonds. The van der Waals surface area contributed by atoms with Gasteiger partial charge in [-0.15, -0.1) is 0 Å². The molecule has 0 bridgehead atoms. The summed E-state index contributed by atoms with van der Waals surface area (Å²) in [6.45, 7) is -1.50. The summed E-state index contributed by atoms with van der Waals surface area (Å²) in [5, 5.41) is 34.7. The average Bonchev–Trinajstić information content (AvgIpc) is 2.28. The van der Waals surface area contributed by atoms with Crippen LogP contribution < -0.4 is 5.73 Å². The molecule has 1 heterocycles. The van der Waals surface area contributed by atoms with Crippen LogP contribution in [0.1, 0.15) is 0 Å². The highest BCUT2D eigenvalue weighted by atomic mass is 31.3. The molecule has 0 spiro atoms. The van der Waals surface area contributed by atoms with E-state index in [2.05, 4.69) is 9.05 Å². The zero-order valence-corrected chi connectivity index (χ0v) is 11.5. The minimum Gasteiger partial charge on any atom is -0.393 e. The van der Waals surface area contributed by atoms with E-state index in [0.717, 1.165) is 0 Å². The van der Waals surface area contributed by atoms with Gasteiger partial charge in [-0.3, -0.25) is 4.57 Å². The van der Waals surface area contributed by atoms with Crippen LogP contribution in [0, 0.1) is 0 Å². The first kappa shape index (κ1) is 18.1. The fourth-order valence-corrected chi connectivity index (χ4v) is 4.28. The number of rotatable bonds is 4. The molecule has 0 radical (unpaired) electrons. The monoisotopic (exact) mass is 339 g/mol. The second-order valence-corrected chi connectivity index (χ2v) is 7.55. The van der Waals surface area contributed by atoms with Crippen LogP contribution >= 0.6 is 15.4 Å². The third kappa shape index (κ3) is 3.12. The second kappa shape index (κ2) is 5.69. The van der Waals surface area contributed by atoms with Crippen molar-refractivity contribution < 1.29 is 53.3 Å². The number of hydrogen-bond donors (Lipinski definition) is 8. The van der Waals surface area contributed by atoms with E-state index < -0.39 is 51.9 Å². The lowest BCUT2D eigenvalue weighted by Gasteiger charge is -2.47. The first-order chi connectivity index (χ1) is 8.88. The van der Waals surface area contributed by atoms with E-state index in [9.17, 15) is 29.3 Å². The lowest BCUT2D eigenvalue weighted by atomic mass is 9.97. The largest absolute Gasteiger partial charge is 0.476 e. The molecule has 0 aromatic carbocycles. The molecular weight excluding hydrogens is 324 g/mol. The molecule has 1 saturated heterocycles. The van der Waals surface area contributed by atoms with Crippen molar-refractivity contribution in [2.24, 2.45) is 5.73 Å². The summed E-state index contributed by atoms with van der Waals surface area (Å²) in [7, 11) is -11.0. The van der Waals surface area contributed by atoms with Crippen LogP contribution in [-0.4, -0.2) is 71.6 Å². The molecule has 0 aliphatic carbocycles. The molecule has 20 heavy (non-hydrogen) atoms. The molecule has 1 rings (SSSR count). The maximum atomic E-state index is 11.9. The highest BCUT2D eigenvalue weighted by molar-refractivity contribution is 7.64. The van der Waals surface area contributed by atoms with Crippen molar-refractivity contribution in [1.29, 1.82) is 0 Å². The Balaban J connectivity index is 3.26. The standard InChI is InChI=1S/C6H15NO11P2/c7-2-3(9)4(10)6(1-8,17-5(2)11)19(12,13)18-20(14,15)16/h2-5,8-11H,1,7H2,(H,12,13)(H2,14,15,16)/t2-,3-,4+,5+,6+/m1/s1. The normalized spacial score (nSPS) is 42.2. The number of ether oxygens (including phenoxy) is 1. The van der Waals surface area contributed by atoms with Gasteiger partial charge in [-0.05, 0) is 0 Å². The smallest absolute Gasteiger partial charge is 0.393 e. The summed E-state index contributed by atoms with van der Waals surface area (Å²) in [6.07, 6.45) is -6.47. The molecule has 14 heteroatoms. The van der Waals surface area contributed by atoms with Gasteiger partial charge in [-0.25, -0.2) is 8.88 Å². The van der Waals surface area contributed by atoms with E-state index in [1.807, 2.05) is 0 Å². The molecular formula is C6H15NO11P2. The highest BCUT2D eigenvalue weighted by Gasteiger charge is 2.64. The van der Waals surface area contributed by atoms with Crippen LogP contribution in [0.4, 0.5) is 0 Å². The van der Waals surface area contributed by atoms with Crippen molar-refractivity contribution in [3.05, 3.63) is 0 Å². The van der Waals surface area contributed by atoms with E-state index in [0.29, 0.717) is 0 Å². The predicted molar refractivity (Wildman–Crippen MR) is 59.9 cm³/mol. The third-order valence-corrected chi connectivity index (χ3v) is 5.96. The van der Waals surface area contributed by atoms with Crippen LogP contribution in [0.25, 0.3) is 0 Å². The van der Waals surface area contributed by atoms with Gasteiger partial charge in [0.25, 0.3) is 0 Å². The lowest BCUT2D eigenvalue weighted by Crippen LogP contribution is -2.67. The predicted octanol–water partition coefficient (Wildman–Crippen LogP) is -3.63. The lowest BCUT2D eigenvalue weighted by molar-refractivity contribution is -0.271. The van der Waals surface area contributed by atoms with E-state index in [1.54, 1.807) is 0 Å². The van der Waals surface area contributed by atoms with Crippen molar-refractivity contribution >= 4 is 15.4 Å². The van der Waals surface area contributed by atoms with Crippen LogP contribution in [0.5, 0.6) is 0 Å². The molecule has 1 unspecified atom stereocenters. The van der Waals surface area contributed by atoms with Crippen LogP contribution in [0.2, 0.25) is 0 Å². The van der Waals surface area contributed by atoms with Gasteiger partial charge in [0.15, 0.2) is 6.29 Å². The SMILES string of the molecule is N[C@@H]1[C@@H](O)[C@H](O)[C@](CO)(P(=O)(O)OP(=O)(O)O)O[C@@H]1O. The van der Waals surface area contributed by atoms with E-state index in [1.165, 1.54) is 0 Å². The molecule has 1 aliphatic rings. The van der Waals surface area contributed by atoms with Crippen LogP contribution in [0.3, 0.4) is 0 Å². The Labute approximate surface area is 112 Å². The summed E-state index contributed by atoms with van der Waals surface area (Å²) in [5.41, 5.74) is 5.23. The van der Waals surface area contributed by atoms with Gasteiger partial charge in [-0.1, -0.05) is 0 Å². The molecule has 12 nitrogen and oxygen atoms in total. The maximum Gasteiger partial charge on any atom is 0.476 e. The van der Waals surface area contributed by atoms with Gasteiger partial charge in [0, 0.05) is 0 Å². The van der Waals surface area contributed by atoms with Crippen LogP contribution in [0.15, 0.2) is 0 Å². The molecule has 0 saturated carbocycles. The molecule has 120 valence electrons. The Morgan fingerprint density at radius 2 is 1.70 bits per heavy atom. The molecule has 0 aromatic heterocycles. The van der Waals surface area contributed by atoms with Gasteiger partial charge in [0.2, 0.25) is 5.34 Å². The van der Waals surface area contributed by atoms with E-state index >= 15 is 0 Å². The topological polar surface area (TPSA) is 220 Å². The second-order valence-electron chi connectivity index (χ2n) is 4.12. The number of aliphatic hydroxyl groups excluding tert-OH is 4. The molecule has 1 fully saturated rings. The summed E-state index contributed by atoms with van der Waals surface area (Å²) in [6, 6.07) is -1.58. The Morgan fingerprint density at radius 3 is 2.10 bits per heavy atom. The fraction of sp³-hybridized carbons (Fsp3) is 1.00. The third-order valence-electron chi connectivity index (χ3n) is 2.76. The Kier molecular flexibility index (Phi) is 5.15. The summed E-state index contributed by atoms with van der Waals surface area (Å²) in [4.78, 5) is 26.7. The number of phosphoric acid groups is 1. The summed E-state index contributed by atoms with van der Waals surface area (Å²) < 4.78 is 30.7. The summed E-state index contributed by atoms with van der Waals surface area (Å²) >= 11 is 0. The van der Waals surface area contributed by atoms with Crippen molar-refractivity contribution in [3.8, 4) is 0 Å². The maximum absolute atomic E-state index is 11.9. The minimum atomic E-state index is -5.54. The highest BCUT2D eigenvalue weighted by Crippen LogP contribution is 2.67. The van der Waals surface area contributed by atoms with Gasteiger partial charge >= 0.3 is 15.4 Å². The quantitative estimate of drug-likeness (QED) is 0.232. The first-order valence-electron chi connectivity index (χ1n) is 5.06. The fourth-order valence-electron chi connectivity index (χ4n) is 1.67. The molecule has 0 aromatic rings. The number of hydrogen-bond acceptors (Lipinski definition) is 9.